The minimum absolute atomic E-state index is 0.192. The zero-order chi connectivity index (χ0) is 18.4. The van der Waals surface area contributed by atoms with Crippen LogP contribution in [-0.2, 0) is 25.5 Å². The SMILES string of the molecule is CCOC(=O)C(=O)OCC.Cc1c(C)c(C)c2c(c1C)CCC2=O. The average Bonchev–Trinajstić information content (AvgIpc) is 2.94. The maximum Gasteiger partial charge on any atom is 0.417 e. The highest BCUT2D eigenvalue weighted by Crippen LogP contribution is 2.32. The molecule has 0 heterocycles. The highest BCUT2D eigenvalue weighted by atomic mass is 16.6. The van der Waals surface area contributed by atoms with E-state index < -0.39 is 11.9 Å². The molecule has 0 spiro atoms. The predicted octanol–water partition coefficient (Wildman–Crippen LogP) is 3.16. The lowest BCUT2D eigenvalue weighted by Gasteiger charge is -2.14. The Kier molecular flexibility index (Phi) is 7.14. The molecule has 5 nitrogen and oxygen atoms in total. The van der Waals surface area contributed by atoms with E-state index in [0.717, 1.165) is 12.0 Å². The van der Waals surface area contributed by atoms with Crippen molar-refractivity contribution in [3.05, 3.63) is 33.4 Å². The van der Waals surface area contributed by atoms with Crippen molar-refractivity contribution in [2.75, 3.05) is 13.2 Å². The summed E-state index contributed by atoms with van der Waals surface area (Å²) in [7, 11) is 0. The topological polar surface area (TPSA) is 69.7 Å². The summed E-state index contributed by atoms with van der Waals surface area (Å²) in [5.41, 5.74) is 7.49. The number of ketones is 1. The molecule has 2 rings (SSSR count). The molecule has 0 unspecified atom stereocenters. The number of hydrogen-bond acceptors (Lipinski definition) is 5. The van der Waals surface area contributed by atoms with Crippen LogP contribution in [0.5, 0.6) is 0 Å². The Bertz CT molecular complexity index is 642. The standard InChI is InChI=1S/C13H16O.C6H10O4/c1-7-8(2)10(4)13-11(9(7)3)5-6-12(13)14;1-3-9-5(7)6(8)10-4-2/h5-6H2,1-4H3;3-4H2,1-2H3. The summed E-state index contributed by atoms with van der Waals surface area (Å²) >= 11 is 0. The first-order chi connectivity index (χ1) is 11.3. The molecule has 1 aliphatic rings. The smallest absolute Gasteiger partial charge is 0.417 e. The van der Waals surface area contributed by atoms with Crippen LogP contribution in [0.2, 0.25) is 0 Å². The predicted molar refractivity (Wildman–Crippen MR) is 91.3 cm³/mol. The zero-order valence-electron chi connectivity index (χ0n) is 15.4. The lowest BCUT2D eigenvalue weighted by atomic mass is 9.90. The second-order valence-electron chi connectivity index (χ2n) is 5.72. The molecule has 1 aromatic carbocycles. The summed E-state index contributed by atoms with van der Waals surface area (Å²) in [5, 5.41) is 0. The van der Waals surface area contributed by atoms with Crippen LogP contribution in [0.25, 0.3) is 0 Å². The maximum atomic E-state index is 11.7. The van der Waals surface area contributed by atoms with Gasteiger partial charge in [0.25, 0.3) is 0 Å². The number of hydrogen-bond donors (Lipinski definition) is 0. The van der Waals surface area contributed by atoms with E-state index in [0.29, 0.717) is 12.2 Å². The van der Waals surface area contributed by atoms with Crippen LogP contribution >= 0.6 is 0 Å². The van der Waals surface area contributed by atoms with E-state index in [1.165, 1.54) is 27.8 Å². The molecule has 0 saturated carbocycles. The largest absolute Gasteiger partial charge is 0.458 e. The highest BCUT2D eigenvalue weighted by molar-refractivity contribution is 6.29. The first-order valence-corrected chi connectivity index (χ1v) is 8.22. The van der Waals surface area contributed by atoms with Crippen molar-refractivity contribution < 1.29 is 23.9 Å². The van der Waals surface area contributed by atoms with Crippen LogP contribution in [0, 0.1) is 27.7 Å². The van der Waals surface area contributed by atoms with E-state index in [9.17, 15) is 14.4 Å². The molecule has 0 bridgehead atoms. The summed E-state index contributed by atoms with van der Waals surface area (Å²) in [6.07, 6.45) is 1.65. The molecule has 0 saturated heterocycles. The van der Waals surface area contributed by atoms with Gasteiger partial charge in [0.2, 0.25) is 0 Å². The van der Waals surface area contributed by atoms with Crippen molar-refractivity contribution in [3.8, 4) is 0 Å². The average molecular weight is 334 g/mol. The molecule has 0 atom stereocenters. The van der Waals surface area contributed by atoms with Crippen molar-refractivity contribution in [1.82, 2.24) is 0 Å². The molecule has 0 N–H and O–H groups in total. The van der Waals surface area contributed by atoms with Gasteiger partial charge in [-0.15, -0.1) is 0 Å². The first kappa shape index (κ1) is 19.9. The molecule has 0 aromatic heterocycles. The number of ether oxygens (including phenoxy) is 2. The van der Waals surface area contributed by atoms with Crippen molar-refractivity contribution in [1.29, 1.82) is 0 Å². The third-order valence-electron chi connectivity index (χ3n) is 4.42. The van der Waals surface area contributed by atoms with Gasteiger partial charge in [-0.05, 0) is 75.8 Å². The summed E-state index contributed by atoms with van der Waals surface area (Å²) < 4.78 is 8.69. The van der Waals surface area contributed by atoms with Gasteiger partial charge in [0, 0.05) is 12.0 Å². The van der Waals surface area contributed by atoms with Crippen molar-refractivity contribution in [3.63, 3.8) is 0 Å². The van der Waals surface area contributed by atoms with Crippen molar-refractivity contribution >= 4 is 17.7 Å². The quantitative estimate of drug-likeness (QED) is 0.614. The Morgan fingerprint density at radius 2 is 1.25 bits per heavy atom. The fraction of sp³-hybridized carbons (Fsp3) is 0.526. The van der Waals surface area contributed by atoms with Crippen LogP contribution < -0.4 is 0 Å². The van der Waals surface area contributed by atoms with E-state index in [-0.39, 0.29) is 13.2 Å². The van der Waals surface area contributed by atoms with E-state index >= 15 is 0 Å². The molecule has 1 aliphatic carbocycles. The van der Waals surface area contributed by atoms with E-state index in [4.69, 9.17) is 0 Å². The second-order valence-corrected chi connectivity index (χ2v) is 5.72. The van der Waals surface area contributed by atoms with Gasteiger partial charge in [-0.3, -0.25) is 4.79 Å². The summed E-state index contributed by atoms with van der Waals surface area (Å²) in [6.45, 7) is 12.1. The molecular formula is C19H26O5. The number of carbonyl (C=O) groups excluding carboxylic acids is 3. The Morgan fingerprint density at radius 1 is 0.792 bits per heavy atom. The number of esters is 2. The molecule has 1 aromatic rings. The maximum absolute atomic E-state index is 11.7. The molecule has 0 fully saturated rings. The van der Waals surface area contributed by atoms with Crippen LogP contribution in [0.4, 0.5) is 0 Å². The van der Waals surface area contributed by atoms with Gasteiger partial charge in [0.15, 0.2) is 5.78 Å². The number of rotatable bonds is 2. The van der Waals surface area contributed by atoms with Gasteiger partial charge in [0.05, 0.1) is 13.2 Å². The number of Topliss-reactive ketones (excluding diaryl/α,β-unsaturated/α-hetero) is 1. The summed E-state index contributed by atoms with van der Waals surface area (Å²) in [4.78, 5) is 32.6. The van der Waals surface area contributed by atoms with Crippen LogP contribution in [-0.4, -0.2) is 30.9 Å². The molecule has 5 heteroatoms. The Balaban J connectivity index is 0.000000257. The number of fused-ring (bicyclic) bond motifs is 1. The minimum Gasteiger partial charge on any atom is -0.458 e. The molecule has 0 radical (unpaired) electrons. The Labute approximate surface area is 143 Å². The van der Waals surface area contributed by atoms with Gasteiger partial charge in [0.1, 0.15) is 0 Å². The molecule has 0 amide bonds. The number of benzene rings is 1. The second kappa shape index (κ2) is 8.62. The molecular weight excluding hydrogens is 308 g/mol. The van der Waals surface area contributed by atoms with Gasteiger partial charge >= 0.3 is 11.9 Å². The third-order valence-corrected chi connectivity index (χ3v) is 4.42. The van der Waals surface area contributed by atoms with Gasteiger partial charge in [-0.1, -0.05) is 0 Å². The fourth-order valence-electron chi connectivity index (χ4n) is 2.82. The van der Waals surface area contributed by atoms with Crippen LogP contribution in [0.3, 0.4) is 0 Å². The van der Waals surface area contributed by atoms with Crippen LogP contribution in [0.1, 0.15) is 58.4 Å². The lowest BCUT2D eigenvalue weighted by molar-refractivity contribution is -0.167. The van der Waals surface area contributed by atoms with E-state index in [1.807, 2.05) is 0 Å². The molecule has 132 valence electrons. The monoisotopic (exact) mass is 334 g/mol. The van der Waals surface area contributed by atoms with E-state index in [1.54, 1.807) is 13.8 Å². The Hall–Kier alpha value is -2.17. The Morgan fingerprint density at radius 3 is 1.71 bits per heavy atom. The van der Waals surface area contributed by atoms with Gasteiger partial charge in [-0.2, -0.15) is 0 Å². The normalized spacial score (nSPS) is 12.2. The zero-order valence-corrected chi connectivity index (χ0v) is 15.4. The van der Waals surface area contributed by atoms with Crippen LogP contribution in [0.15, 0.2) is 0 Å². The fourth-order valence-corrected chi connectivity index (χ4v) is 2.82. The highest BCUT2D eigenvalue weighted by Gasteiger charge is 2.25. The molecule has 0 aliphatic heterocycles. The van der Waals surface area contributed by atoms with Crippen molar-refractivity contribution in [2.45, 2.75) is 54.4 Å². The van der Waals surface area contributed by atoms with Gasteiger partial charge in [-0.25, -0.2) is 9.59 Å². The summed E-state index contributed by atoms with van der Waals surface area (Å²) in [6, 6.07) is 0. The molecule has 24 heavy (non-hydrogen) atoms. The van der Waals surface area contributed by atoms with Gasteiger partial charge < -0.3 is 9.47 Å². The van der Waals surface area contributed by atoms with E-state index in [2.05, 4.69) is 37.2 Å². The third kappa shape index (κ3) is 4.22. The lowest BCUT2D eigenvalue weighted by Crippen LogP contribution is -2.19. The summed E-state index contributed by atoms with van der Waals surface area (Å²) in [5.74, 6) is -1.52. The minimum atomic E-state index is -0.927. The van der Waals surface area contributed by atoms with Crippen molar-refractivity contribution in [2.24, 2.45) is 0 Å². The first-order valence-electron chi connectivity index (χ1n) is 8.22. The number of carbonyl (C=O) groups is 3.